The zero-order valence-corrected chi connectivity index (χ0v) is 16.3. The van der Waals surface area contributed by atoms with Gasteiger partial charge in [0.2, 0.25) is 0 Å². The van der Waals surface area contributed by atoms with E-state index in [-0.39, 0.29) is 24.1 Å². The van der Waals surface area contributed by atoms with Crippen LogP contribution in [0.15, 0.2) is 65.6 Å². The topological polar surface area (TPSA) is 42.4 Å². The number of hydrogen-bond acceptors (Lipinski definition) is 4. The minimum Gasteiger partial charge on any atom is -0.490 e. The van der Waals surface area contributed by atoms with Gasteiger partial charge in [0.05, 0.1) is 0 Å². The monoisotopic (exact) mass is 390 g/mol. The average molecular weight is 391 g/mol. The van der Waals surface area contributed by atoms with Gasteiger partial charge in [0, 0.05) is 42.9 Å². The van der Waals surface area contributed by atoms with Crippen molar-refractivity contribution in [2.75, 3.05) is 0 Å². The second kappa shape index (κ2) is 7.40. The van der Waals surface area contributed by atoms with Gasteiger partial charge < -0.3 is 9.64 Å². The van der Waals surface area contributed by atoms with E-state index in [1.807, 2.05) is 24.3 Å². The van der Waals surface area contributed by atoms with Crippen molar-refractivity contribution < 1.29 is 9.53 Å². The van der Waals surface area contributed by atoms with Crippen molar-refractivity contribution in [1.82, 2.24) is 9.88 Å². The number of rotatable bonds is 4. The molecule has 0 aliphatic carbocycles. The number of amides is 1. The maximum absolute atomic E-state index is 13.2. The summed E-state index contributed by atoms with van der Waals surface area (Å²) in [5.74, 6) is 1.02. The highest BCUT2D eigenvalue weighted by Crippen LogP contribution is 2.38. The summed E-state index contributed by atoms with van der Waals surface area (Å²) < 4.78 is 6.15. The molecule has 0 spiro atoms. The van der Waals surface area contributed by atoms with Crippen molar-refractivity contribution in [3.05, 3.63) is 71.2 Å². The fraction of sp³-hybridized carbons (Fsp3) is 0.304. The molecule has 1 amide bonds. The zero-order valence-electron chi connectivity index (χ0n) is 15.5. The van der Waals surface area contributed by atoms with Gasteiger partial charge in [0.25, 0.3) is 5.91 Å². The number of piperidine rings is 1. The number of fused-ring (bicyclic) bond motifs is 2. The smallest absolute Gasteiger partial charge is 0.254 e. The Balaban J connectivity index is 1.29. The van der Waals surface area contributed by atoms with E-state index in [1.165, 1.54) is 5.56 Å². The highest BCUT2D eigenvalue weighted by atomic mass is 32.1. The number of hydrogen-bond donors (Lipinski definition) is 0. The maximum atomic E-state index is 13.2. The molecule has 28 heavy (non-hydrogen) atoms. The van der Waals surface area contributed by atoms with Crippen LogP contribution in [-0.2, 0) is 0 Å². The number of pyridine rings is 1. The Morgan fingerprint density at radius 3 is 2.32 bits per heavy atom. The predicted molar refractivity (Wildman–Crippen MR) is 111 cm³/mol. The van der Waals surface area contributed by atoms with Gasteiger partial charge in [0.1, 0.15) is 11.9 Å². The lowest BCUT2D eigenvalue weighted by molar-refractivity contribution is 0.0359. The van der Waals surface area contributed by atoms with E-state index in [1.54, 1.807) is 23.7 Å². The third kappa shape index (κ3) is 3.31. The number of carbonyl (C=O) groups excluding carboxylic acids is 1. The Labute approximate surface area is 168 Å². The van der Waals surface area contributed by atoms with Crippen molar-refractivity contribution in [2.45, 2.75) is 43.9 Å². The van der Waals surface area contributed by atoms with Crippen LogP contribution in [-0.4, -0.2) is 34.0 Å². The molecule has 2 aliphatic rings. The molecule has 0 N–H and O–H groups in total. The van der Waals surface area contributed by atoms with Crippen LogP contribution >= 0.6 is 11.3 Å². The summed E-state index contributed by atoms with van der Waals surface area (Å²) in [6.07, 6.45) is 7.61. The van der Waals surface area contributed by atoms with Gasteiger partial charge in [-0.3, -0.25) is 9.78 Å². The van der Waals surface area contributed by atoms with E-state index < -0.39 is 0 Å². The first-order chi connectivity index (χ1) is 13.8. The highest BCUT2D eigenvalue weighted by molar-refractivity contribution is 7.08. The van der Waals surface area contributed by atoms with E-state index in [2.05, 4.69) is 38.8 Å². The molecule has 2 aliphatic heterocycles. The number of thiophene rings is 1. The SMILES string of the molecule is O=C(c1ccc(-c2ccsc2)cc1)N1C2CCC1CC(Oc1ccncc1)C2. The van der Waals surface area contributed by atoms with Crippen molar-refractivity contribution in [3.8, 4) is 16.9 Å². The first kappa shape index (κ1) is 17.4. The molecular weight excluding hydrogens is 368 g/mol. The standard InChI is InChI=1S/C23H22N2O2S/c26-23(17-3-1-16(2-4-17)18-9-12-28-15-18)25-19-5-6-20(25)14-22(13-19)27-21-7-10-24-11-8-21/h1-4,7-12,15,19-20,22H,5-6,13-14H2. The molecule has 5 rings (SSSR count). The van der Waals surface area contributed by atoms with Crippen molar-refractivity contribution >= 4 is 17.2 Å². The Kier molecular flexibility index (Phi) is 4.61. The molecule has 2 bridgehead atoms. The Hall–Kier alpha value is -2.66. The van der Waals surface area contributed by atoms with E-state index in [4.69, 9.17) is 4.74 Å². The fourth-order valence-electron chi connectivity index (χ4n) is 4.55. The van der Waals surface area contributed by atoms with Crippen LogP contribution in [0.2, 0.25) is 0 Å². The first-order valence-electron chi connectivity index (χ1n) is 9.80. The summed E-state index contributed by atoms with van der Waals surface area (Å²) >= 11 is 1.69. The average Bonchev–Trinajstić information content (AvgIpc) is 3.35. The largest absolute Gasteiger partial charge is 0.490 e. The summed E-state index contributed by atoms with van der Waals surface area (Å²) in [6, 6.07) is 14.5. The molecule has 142 valence electrons. The lowest BCUT2D eigenvalue weighted by Gasteiger charge is -2.39. The molecule has 1 aromatic carbocycles. The number of aromatic nitrogens is 1. The molecule has 2 unspecified atom stereocenters. The van der Waals surface area contributed by atoms with Crippen molar-refractivity contribution in [2.24, 2.45) is 0 Å². The molecule has 2 aromatic heterocycles. The molecule has 5 heteroatoms. The normalized spacial score (nSPS) is 23.6. The molecule has 4 nitrogen and oxygen atoms in total. The van der Waals surface area contributed by atoms with Crippen LogP contribution in [0.5, 0.6) is 5.75 Å². The van der Waals surface area contributed by atoms with E-state index in [0.29, 0.717) is 0 Å². The predicted octanol–water partition coefficient (Wildman–Crippen LogP) is 5.02. The third-order valence-electron chi connectivity index (χ3n) is 5.86. The molecule has 2 saturated heterocycles. The van der Waals surface area contributed by atoms with Crippen molar-refractivity contribution in [3.63, 3.8) is 0 Å². The molecule has 0 radical (unpaired) electrons. The summed E-state index contributed by atoms with van der Waals surface area (Å²) in [4.78, 5) is 19.4. The Morgan fingerprint density at radius 1 is 0.964 bits per heavy atom. The lowest BCUT2D eigenvalue weighted by atomic mass is 9.98. The second-order valence-electron chi connectivity index (χ2n) is 7.58. The van der Waals surface area contributed by atoms with E-state index in [0.717, 1.165) is 42.6 Å². The number of ether oxygens (including phenoxy) is 1. The molecule has 2 atom stereocenters. The van der Waals surface area contributed by atoms with Crippen LogP contribution in [0.1, 0.15) is 36.0 Å². The summed E-state index contributed by atoms with van der Waals surface area (Å²) in [7, 11) is 0. The molecule has 0 saturated carbocycles. The van der Waals surface area contributed by atoms with Gasteiger partial charge in [0.15, 0.2) is 0 Å². The number of benzene rings is 1. The summed E-state index contributed by atoms with van der Waals surface area (Å²) in [5.41, 5.74) is 3.15. The second-order valence-corrected chi connectivity index (χ2v) is 8.36. The Morgan fingerprint density at radius 2 is 1.68 bits per heavy atom. The van der Waals surface area contributed by atoms with Gasteiger partial charge in [-0.25, -0.2) is 0 Å². The van der Waals surface area contributed by atoms with E-state index in [9.17, 15) is 4.79 Å². The maximum Gasteiger partial charge on any atom is 0.254 e. The highest BCUT2D eigenvalue weighted by Gasteiger charge is 2.44. The van der Waals surface area contributed by atoms with Gasteiger partial charge >= 0.3 is 0 Å². The number of nitrogens with zero attached hydrogens (tertiary/aromatic N) is 2. The first-order valence-corrected chi connectivity index (χ1v) is 10.7. The van der Waals surface area contributed by atoms with Gasteiger partial charge in [-0.1, -0.05) is 12.1 Å². The Bertz CT molecular complexity index is 927. The third-order valence-corrected chi connectivity index (χ3v) is 6.55. The quantitative estimate of drug-likeness (QED) is 0.628. The fourth-order valence-corrected chi connectivity index (χ4v) is 5.21. The number of carbonyl (C=O) groups is 1. The van der Waals surface area contributed by atoms with Crippen LogP contribution in [0.25, 0.3) is 11.1 Å². The van der Waals surface area contributed by atoms with Crippen molar-refractivity contribution in [1.29, 1.82) is 0 Å². The van der Waals surface area contributed by atoms with Crippen LogP contribution in [0, 0.1) is 0 Å². The van der Waals surface area contributed by atoms with Gasteiger partial charge in [-0.15, -0.1) is 0 Å². The van der Waals surface area contributed by atoms with Crippen LogP contribution in [0.3, 0.4) is 0 Å². The summed E-state index contributed by atoms with van der Waals surface area (Å²) in [6.45, 7) is 0. The van der Waals surface area contributed by atoms with Gasteiger partial charge in [-0.05, 0) is 65.1 Å². The zero-order chi connectivity index (χ0) is 18.9. The minimum absolute atomic E-state index is 0.159. The molecular formula is C23H22N2O2S. The van der Waals surface area contributed by atoms with Gasteiger partial charge in [-0.2, -0.15) is 11.3 Å². The minimum atomic E-state index is 0.159. The molecule has 3 aromatic rings. The van der Waals surface area contributed by atoms with Crippen LogP contribution < -0.4 is 4.74 Å². The summed E-state index contributed by atoms with van der Waals surface area (Å²) in [5, 5.41) is 4.20. The molecule has 4 heterocycles. The van der Waals surface area contributed by atoms with E-state index >= 15 is 0 Å². The van der Waals surface area contributed by atoms with Crippen LogP contribution in [0.4, 0.5) is 0 Å². The molecule has 2 fully saturated rings. The lowest BCUT2D eigenvalue weighted by Crippen LogP contribution is -2.49.